The lowest BCUT2D eigenvalue weighted by Crippen LogP contribution is -2.16. The molecule has 0 atom stereocenters. The monoisotopic (exact) mass is 734 g/mol. The first-order valence-electron chi connectivity index (χ1n) is 20.1. The van der Waals surface area contributed by atoms with E-state index in [0.29, 0.717) is 0 Å². The van der Waals surface area contributed by atoms with Crippen LogP contribution in [-0.4, -0.2) is 0 Å². The third-order valence-corrected chi connectivity index (χ3v) is 12.6. The van der Waals surface area contributed by atoms with Gasteiger partial charge in [0.05, 0.1) is 0 Å². The highest BCUT2D eigenvalue weighted by molar-refractivity contribution is 6.19. The lowest BCUT2D eigenvalue weighted by atomic mass is 9.79. The Kier molecular flexibility index (Phi) is 8.09. The molecule has 276 valence electrons. The van der Waals surface area contributed by atoms with Crippen molar-refractivity contribution < 1.29 is 0 Å². The molecule has 0 aliphatic heterocycles. The summed E-state index contributed by atoms with van der Waals surface area (Å²) in [4.78, 5) is 4.78. The number of hydrogen-bond donors (Lipinski definition) is 0. The molecule has 0 saturated carbocycles. The zero-order valence-corrected chi connectivity index (χ0v) is 33.6. The predicted octanol–water partition coefficient (Wildman–Crippen LogP) is 15.6. The molecule has 1 aliphatic rings. The number of benzene rings is 9. The summed E-state index contributed by atoms with van der Waals surface area (Å²) in [7, 11) is 0. The van der Waals surface area contributed by atoms with Gasteiger partial charge in [0.15, 0.2) is 0 Å². The van der Waals surface area contributed by atoms with Gasteiger partial charge in [0.2, 0.25) is 0 Å². The van der Waals surface area contributed by atoms with E-state index < -0.39 is 0 Å². The molecule has 9 aromatic carbocycles. The third kappa shape index (κ3) is 5.62. The Bertz CT molecular complexity index is 3030. The first-order valence-corrected chi connectivity index (χ1v) is 20.1. The minimum Gasteiger partial charge on any atom is -0.310 e. The average Bonchev–Trinajstić information content (AvgIpc) is 3.46. The maximum Gasteiger partial charge on any atom is 0.0468 e. The molecule has 0 unspecified atom stereocenters. The molecule has 0 heterocycles. The molecule has 0 fully saturated rings. The van der Waals surface area contributed by atoms with Crippen LogP contribution >= 0.6 is 0 Å². The molecule has 1 aliphatic carbocycles. The van der Waals surface area contributed by atoms with Gasteiger partial charge in [-0.15, -0.1) is 0 Å². The van der Waals surface area contributed by atoms with Crippen molar-refractivity contribution in [3.63, 3.8) is 0 Å². The van der Waals surface area contributed by atoms with Gasteiger partial charge in [-0.3, -0.25) is 0 Å². The van der Waals surface area contributed by atoms with Crippen LogP contribution in [0, 0.1) is 27.7 Å². The zero-order chi connectivity index (χ0) is 39.0. The standard InChI is InChI=1S/C55H46N2/c1-35-21-24-43(29-37(35)3)56(41-15-9-7-10-16-41)45-26-23-39-32-51-52(33-40(39)31-45)55(5,6)54-49-28-27-46(34-50(49)47-19-13-14-20-48(47)53(51)54)57(42-17-11-8-12-18-42)44-25-22-36(2)38(4)30-44/h7-34H,1-6H3. The number of rotatable bonds is 6. The smallest absolute Gasteiger partial charge is 0.0468 e. The van der Waals surface area contributed by atoms with Gasteiger partial charge >= 0.3 is 0 Å². The van der Waals surface area contributed by atoms with Crippen LogP contribution in [0.2, 0.25) is 0 Å². The number of para-hydroxylation sites is 2. The fraction of sp³-hybridized carbons (Fsp3) is 0.127. The molecule has 9 aromatic rings. The minimum atomic E-state index is -0.223. The van der Waals surface area contributed by atoms with Crippen LogP contribution in [0.3, 0.4) is 0 Å². The second-order valence-electron chi connectivity index (χ2n) is 16.5. The second-order valence-corrected chi connectivity index (χ2v) is 16.5. The van der Waals surface area contributed by atoms with Crippen molar-refractivity contribution >= 4 is 66.4 Å². The lowest BCUT2D eigenvalue weighted by Gasteiger charge is -2.28. The Hall–Kier alpha value is -6.64. The highest BCUT2D eigenvalue weighted by Crippen LogP contribution is 2.56. The Morgan fingerprint density at radius 3 is 1.46 bits per heavy atom. The van der Waals surface area contributed by atoms with E-state index in [2.05, 4.69) is 221 Å². The average molecular weight is 735 g/mol. The summed E-state index contributed by atoms with van der Waals surface area (Å²) in [5.41, 5.74) is 17.4. The summed E-state index contributed by atoms with van der Waals surface area (Å²) < 4.78 is 0. The van der Waals surface area contributed by atoms with Gasteiger partial charge in [-0.05, 0) is 189 Å². The predicted molar refractivity (Wildman–Crippen MR) is 245 cm³/mol. The van der Waals surface area contributed by atoms with Crippen LogP contribution in [0.1, 0.15) is 47.2 Å². The molecular formula is C55H46N2. The summed E-state index contributed by atoms with van der Waals surface area (Å²) in [6.45, 7) is 13.6. The van der Waals surface area contributed by atoms with Crippen LogP contribution in [0.15, 0.2) is 170 Å². The van der Waals surface area contributed by atoms with Gasteiger partial charge in [0.25, 0.3) is 0 Å². The Labute approximate surface area is 336 Å². The maximum atomic E-state index is 2.48. The molecule has 0 saturated heterocycles. The summed E-state index contributed by atoms with van der Waals surface area (Å²) in [6, 6.07) is 63.1. The van der Waals surface area contributed by atoms with Gasteiger partial charge < -0.3 is 9.80 Å². The van der Waals surface area contributed by atoms with E-state index in [4.69, 9.17) is 0 Å². The van der Waals surface area contributed by atoms with Gasteiger partial charge in [-0.1, -0.05) is 98.8 Å². The van der Waals surface area contributed by atoms with Crippen LogP contribution in [0.25, 0.3) is 43.4 Å². The molecule has 0 amide bonds. The van der Waals surface area contributed by atoms with Crippen LogP contribution < -0.4 is 9.80 Å². The fourth-order valence-corrected chi connectivity index (χ4v) is 9.31. The maximum absolute atomic E-state index is 2.48. The quantitative estimate of drug-likeness (QED) is 0.157. The van der Waals surface area contributed by atoms with Crippen LogP contribution in [0.5, 0.6) is 0 Å². The third-order valence-electron chi connectivity index (χ3n) is 12.6. The lowest BCUT2D eigenvalue weighted by molar-refractivity contribution is 0.667. The first-order chi connectivity index (χ1) is 27.7. The minimum absolute atomic E-state index is 0.223. The van der Waals surface area contributed by atoms with E-state index in [1.807, 2.05) is 0 Å². The fourth-order valence-electron chi connectivity index (χ4n) is 9.31. The van der Waals surface area contributed by atoms with E-state index in [1.54, 1.807) is 0 Å². The van der Waals surface area contributed by atoms with Crippen molar-refractivity contribution in [2.24, 2.45) is 0 Å². The topological polar surface area (TPSA) is 6.48 Å². The van der Waals surface area contributed by atoms with Gasteiger partial charge in [0.1, 0.15) is 0 Å². The Morgan fingerprint density at radius 2 is 0.860 bits per heavy atom. The highest BCUT2D eigenvalue weighted by atomic mass is 15.1. The largest absolute Gasteiger partial charge is 0.310 e. The molecule has 0 bridgehead atoms. The molecule has 0 N–H and O–H groups in total. The van der Waals surface area contributed by atoms with Gasteiger partial charge in [0, 0.05) is 39.5 Å². The van der Waals surface area contributed by atoms with E-state index in [-0.39, 0.29) is 5.41 Å². The molecule has 57 heavy (non-hydrogen) atoms. The summed E-state index contributed by atoms with van der Waals surface area (Å²) >= 11 is 0. The van der Waals surface area contributed by atoms with Crippen molar-refractivity contribution in [1.29, 1.82) is 0 Å². The van der Waals surface area contributed by atoms with Crippen molar-refractivity contribution in [3.8, 4) is 11.1 Å². The van der Waals surface area contributed by atoms with Crippen molar-refractivity contribution in [3.05, 3.63) is 203 Å². The van der Waals surface area contributed by atoms with E-state index in [0.717, 1.165) is 34.1 Å². The number of aryl methyl sites for hydroxylation is 4. The number of hydrogen-bond acceptors (Lipinski definition) is 2. The molecule has 2 heteroatoms. The van der Waals surface area contributed by atoms with Crippen molar-refractivity contribution in [1.82, 2.24) is 0 Å². The van der Waals surface area contributed by atoms with Gasteiger partial charge in [-0.2, -0.15) is 0 Å². The molecule has 0 spiro atoms. The van der Waals surface area contributed by atoms with E-state index in [1.165, 1.54) is 76.8 Å². The van der Waals surface area contributed by atoms with Crippen molar-refractivity contribution in [2.75, 3.05) is 9.80 Å². The SMILES string of the molecule is Cc1ccc(N(c2ccccc2)c2ccc3cc4c(cc3c2)C(C)(C)c2c-4c3ccccc3c3cc(N(c4ccccc4)c4ccc(C)c(C)c4)ccc23)cc1C. The Balaban J connectivity index is 1.16. The number of anilines is 6. The van der Waals surface area contributed by atoms with Crippen LogP contribution in [0.4, 0.5) is 34.1 Å². The number of fused-ring (bicyclic) bond motifs is 9. The normalized spacial score (nSPS) is 12.9. The molecule has 10 rings (SSSR count). The summed E-state index contributed by atoms with van der Waals surface area (Å²) in [5, 5.41) is 7.69. The molecule has 0 aromatic heterocycles. The van der Waals surface area contributed by atoms with Gasteiger partial charge in [-0.25, -0.2) is 0 Å². The second kappa shape index (κ2) is 13.2. The van der Waals surface area contributed by atoms with Crippen LogP contribution in [-0.2, 0) is 5.41 Å². The Morgan fingerprint density at radius 1 is 0.351 bits per heavy atom. The summed E-state index contributed by atoms with van der Waals surface area (Å²) in [5.74, 6) is 0. The first kappa shape index (κ1) is 34.8. The number of nitrogens with zero attached hydrogens (tertiary/aromatic N) is 2. The molecule has 2 nitrogen and oxygen atoms in total. The molecule has 0 radical (unpaired) electrons. The van der Waals surface area contributed by atoms with Crippen molar-refractivity contribution in [2.45, 2.75) is 47.0 Å². The van der Waals surface area contributed by atoms with E-state index >= 15 is 0 Å². The highest BCUT2D eigenvalue weighted by Gasteiger charge is 2.39. The molecular weight excluding hydrogens is 689 g/mol. The summed E-state index contributed by atoms with van der Waals surface area (Å²) in [6.07, 6.45) is 0. The van der Waals surface area contributed by atoms with E-state index in [9.17, 15) is 0 Å². The zero-order valence-electron chi connectivity index (χ0n) is 33.6.